The monoisotopic (exact) mass is 300 g/mol. The number of aryl methyl sites for hydroxylation is 1. The first kappa shape index (κ1) is 14.5. The Kier molecular flexibility index (Phi) is 3.80. The van der Waals surface area contributed by atoms with Gasteiger partial charge in [0.25, 0.3) is 0 Å². The van der Waals surface area contributed by atoms with Gasteiger partial charge in [-0.05, 0) is 25.1 Å². The van der Waals surface area contributed by atoms with Crippen LogP contribution in [0, 0.1) is 6.92 Å². The number of hydrogen-bond acceptors (Lipinski definition) is 4. The lowest BCUT2D eigenvalue weighted by atomic mass is 10.0. The van der Waals surface area contributed by atoms with Crippen LogP contribution >= 0.6 is 11.3 Å². The largest absolute Gasteiger partial charge is 0.416 e. The van der Waals surface area contributed by atoms with Gasteiger partial charge in [-0.2, -0.15) is 13.2 Å². The summed E-state index contributed by atoms with van der Waals surface area (Å²) in [5.74, 6) is -0.473. The number of carbonyl (C=O) groups is 1. The number of halogens is 3. The number of hydrogen-bond donors (Lipinski definition) is 1. The number of ketones is 1. The molecule has 1 aromatic carbocycles. The van der Waals surface area contributed by atoms with Gasteiger partial charge in [0.1, 0.15) is 0 Å². The summed E-state index contributed by atoms with van der Waals surface area (Å²) in [5, 5.41) is 2.50. The quantitative estimate of drug-likeness (QED) is 0.697. The minimum Gasteiger partial charge on any atom is -0.398 e. The Morgan fingerprint density at radius 2 is 2.10 bits per heavy atom. The Morgan fingerprint density at radius 1 is 1.40 bits per heavy atom. The van der Waals surface area contributed by atoms with Crippen LogP contribution in [0.4, 0.5) is 18.9 Å². The van der Waals surface area contributed by atoms with Gasteiger partial charge in [0, 0.05) is 16.6 Å². The maximum atomic E-state index is 12.6. The molecule has 7 heteroatoms. The van der Waals surface area contributed by atoms with E-state index >= 15 is 0 Å². The van der Waals surface area contributed by atoms with E-state index in [9.17, 15) is 18.0 Å². The summed E-state index contributed by atoms with van der Waals surface area (Å²) < 4.78 is 37.9. The molecule has 0 saturated carbocycles. The molecule has 0 radical (unpaired) electrons. The van der Waals surface area contributed by atoms with Gasteiger partial charge in [0.15, 0.2) is 5.78 Å². The van der Waals surface area contributed by atoms with Crippen LogP contribution in [0.5, 0.6) is 0 Å². The second-order valence-electron chi connectivity index (χ2n) is 4.26. The van der Waals surface area contributed by atoms with Gasteiger partial charge in [0.05, 0.1) is 22.7 Å². The topological polar surface area (TPSA) is 56.0 Å². The molecule has 2 aromatic rings. The zero-order valence-corrected chi connectivity index (χ0v) is 11.3. The SMILES string of the molecule is Cc1nc(CC(=O)c2cc(C(F)(F)F)ccc2N)cs1. The minimum absolute atomic E-state index is 0.0370. The van der Waals surface area contributed by atoms with Crippen molar-refractivity contribution >= 4 is 22.8 Å². The Hall–Kier alpha value is -1.89. The molecule has 106 valence electrons. The molecule has 1 heterocycles. The minimum atomic E-state index is -4.50. The molecule has 0 aliphatic rings. The summed E-state index contributed by atoms with van der Waals surface area (Å²) in [6.07, 6.45) is -4.56. The fraction of sp³-hybridized carbons (Fsp3) is 0.231. The van der Waals surface area contributed by atoms with Crippen molar-refractivity contribution in [3.8, 4) is 0 Å². The van der Waals surface area contributed by atoms with Gasteiger partial charge >= 0.3 is 6.18 Å². The highest BCUT2D eigenvalue weighted by atomic mass is 32.1. The van der Waals surface area contributed by atoms with Gasteiger partial charge < -0.3 is 5.73 Å². The Bertz CT molecular complexity index is 649. The van der Waals surface area contributed by atoms with Gasteiger partial charge in [-0.15, -0.1) is 11.3 Å². The third kappa shape index (κ3) is 3.16. The Labute approximate surface area is 117 Å². The Morgan fingerprint density at radius 3 is 2.65 bits per heavy atom. The normalized spacial score (nSPS) is 11.6. The van der Waals surface area contributed by atoms with E-state index in [-0.39, 0.29) is 17.7 Å². The molecule has 2 N–H and O–H groups in total. The molecule has 0 amide bonds. The van der Waals surface area contributed by atoms with Crippen LogP contribution in [-0.4, -0.2) is 10.8 Å². The smallest absolute Gasteiger partial charge is 0.398 e. The van der Waals surface area contributed by atoms with Crippen molar-refractivity contribution in [2.45, 2.75) is 19.5 Å². The number of aromatic nitrogens is 1. The van der Waals surface area contributed by atoms with Crippen molar-refractivity contribution in [1.82, 2.24) is 4.98 Å². The lowest BCUT2D eigenvalue weighted by Crippen LogP contribution is -2.11. The van der Waals surface area contributed by atoms with E-state index < -0.39 is 17.5 Å². The van der Waals surface area contributed by atoms with Crippen molar-refractivity contribution in [2.75, 3.05) is 5.73 Å². The number of nitrogen functional groups attached to an aromatic ring is 1. The van der Waals surface area contributed by atoms with E-state index in [1.165, 1.54) is 11.3 Å². The van der Waals surface area contributed by atoms with Crippen LogP contribution in [0.25, 0.3) is 0 Å². The Balaban J connectivity index is 2.29. The van der Waals surface area contributed by atoms with E-state index in [2.05, 4.69) is 4.98 Å². The first-order valence-corrected chi connectivity index (χ1v) is 6.56. The second-order valence-corrected chi connectivity index (χ2v) is 5.32. The standard InChI is InChI=1S/C13H11F3N2OS/c1-7-18-9(6-20-7)5-12(19)10-4-8(13(14,15)16)2-3-11(10)17/h2-4,6H,5,17H2,1H3. The fourth-order valence-electron chi connectivity index (χ4n) is 1.72. The van der Waals surface area contributed by atoms with Crippen molar-refractivity contribution in [1.29, 1.82) is 0 Å². The highest BCUT2D eigenvalue weighted by Crippen LogP contribution is 2.31. The summed E-state index contributed by atoms with van der Waals surface area (Å²) in [6.45, 7) is 1.79. The summed E-state index contributed by atoms with van der Waals surface area (Å²) >= 11 is 1.38. The molecule has 1 aromatic heterocycles. The second kappa shape index (κ2) is 5.24. The number of nitrogens with zero attached hydrogens (tertiary/aromatic N) is 1. The number of rotatable bonds is 3. The number of alkyl halides is 3. The number of thiazole rings is 1. The molecular weight excluding hydrogens is 289 g/mol. The summed E-state index contributed by atoms with van der Waals surface area (Å²) in [7, 11) is 0. The molecule has 0 aliphatic carbocycles. The van der Waals surface area contributed by atoms with Crippen molar-refractivity contribution in [3.63, 3.8) is 0 Å². The van der Waals surface area contributed by atoms with Crippen LogP contribution in [0.1, 0.15) is 26.6 Å². The lowest BCUT2D eigenvalue weighted by Gasteiger charge is -2.10. The van der Waals surface area contributed by atoms with Gasteiger partial charge in [0.2, 0.25) is 0 Å². The maximum absolute atomic E-state index is 12.6. The number of anilines is 1. The highest BCUT2D eigenvalue weighted by Gasteiger charge is 2.31. The molecule has 0 unspecified atom stereocenters. The average Bonchev–Trinajstić information content (AvgIpc) is 2.73. The third-order valence-corrected chi connectivity index (χ3v) is 3.51. The van der Waals surface area contributed by atoms with Crippen LogP contribution in [0.3, 0.4) is 0 Å². The van der Waals surface area contributed by atoms with Crippen LogP contribution in [-0.2, 0) is 12.6 Å². The van der Waals surface area contributed by atoms with E-state index in [0.29, 0.717) is 5.69 Å². The van der Waals surface area contributed by atoms with Crippen molar-refractivity contribution in [3.05, 3.63) is 45.4 Å². The van der Waals surface area contributed by atoms with Crippen LogP contribution in [0.2, 0.25) is 0 Å². The zero-order valence-electron chi connectivity index (χ0n) is 10.5. The number of benzene rings is 1. The molecule has 20 heavy (non-hydrogen) atoms. The summed E-state index contributed by atoms with van der Waals surface area (Å²) in [5.41, 5.74) is 5.16. The molecule has 2 rings (SSSR count). The molecule has 0 saturated heterocycles. The fourth-order valence-corrected chi connectivity index (χ4v) is 2.34. The maximum Gasteiger partial charge on any atom is 0.416 e. The predicted octanol–water partition coefficient (Wildman–Crippen LogP) is 3.48. The number of Topliss-reactive ketones (excluding diaryl/α,β-unsaturated/α-hetero) is 1. The van der Waals surface area contributed by atoms with E-state index in [1.807, 2.05) is 0 Å². The van der Waals surface area contributed by atoms with E-state index in [1.54, 1.807) is 12.3 Å². The highest BCUT2D eigenvalue weighted by molar-refractivity contribution is 7.09. The van der Waals surface area contributed by atoms with Crippen molar-refractivity contribution < 1.29 is 18.0 Å². The molecule has 0 spiro atoms. The summed E-state index contributed by atoms with van der Waals surface area (Å²) in [4.78, 5) is 16.2. The number of carbonyl (C=O) groups excluding carboxylic acids is 1. The molecular formula is C13H11F3N2OS. The molecule has 0 bridgehead atoms. The average molecular weight is 300 g/mol. The van der Waals surface area contributed by atoms with Crippen LogP contribution < -0.4 is 5.73 Å². The van der Waals surface area contributed by atoms with E-state index in [0.717, 1.165) is 23.2 Å². The van der Waals surface area contributed by atoms with Gasteiger partial charge in [-0.3, -0.25) is 4.79 Å². The first-order valence-electron chi connectivity index (χ1n) is 5.68. The van der Waals surface area contributed by atoms with Gasteiger partial charge in [-0.25, -0.2) is 4.98 Å². The molecule has 3 nitrogen and oxygen atoms in total. The number of nitrogens with two attached hydrogens (primary N) is 1. The van der Waals surface area contributed by atoms with Crippen molar-refractivity contribution in [2.24, 2.45) is 0 Å². The van der Waals surface area contributed by atoms with Crippen LogP contribution in [0.15, 0.2) is 23.6 Å². The van der Waals surface area contributed by atoms with E-state index in [4.69, 9.17) is 5.73 Å². The zero-order chi connectivity index (χ0) is 14.9. The first-order chi connectivity index (χ1) is 9.27. The molecule has 0 atom stereocenters. The summed E-state index contributed by atoms with van der Waals surface area (Å²) in [6, 6.07) is 2.75. The molecule has 0 fully saturated rings. The third-order valence-electron chi connectivity index (χ3n) is 2.69. The van der Waals surface area contributed by atoms with Gasteiger partial charge in [-0.1, -0.05) is 0 Å². The molecule has 0 aliphatic heterocycles. The lowest BCUT2D eigenvalue weighted by molar-refractivity contribution is -0.137. The predicted molar refractivity (Wildman–Crippen MR) is 70.7 cm³/mol.